The number of carbonyl (C=O) groups excluding carboxylic acids is 1. The molecule has 0 bridgehead atoms. The number of amides is 1. The molecule has 0 aliphatic rings. The van der Waals surface area contributed by atoms with Crippen LogP contribution in [0.15, 0.2) is 77.9 Å². The lowest BCUT2D eigenvalue weighted by atomic mass is 10.1. The van der Waals surface area contributed by atoms with Gasteiger partial charge in [0.1, 0.15) is 0 Å². The number of nitrogens with one attached hydrogen (secondary N) is 2. The summed E-state index contributed by atoms with van der Waals surface area (Å²) in [5.41, 5.74) is 0.475. The molecule has 0 aliphatic heterocycles. The largest absolute Gasteiger partial charge is 0.416 e. The first-order valence-electron chi connectivity index (χ1n) is 8.77. The van der Waals surface area contributed by atoms with Crippen molar-refractivity contribution in [2.45, 2.75) is 12.7 Å². The van der Waals surface area contributed by atoms with Crippen molar-refractivity contribution >= 4 is 29.2 Å². The van der Waals surface area contributed by atoms with Gasteiger partial charge >= 0.3 is 6.18 Å². The van der Waals surface area contributed by atoms with Crippen LogP contribution in [0.2, 0.25) is 5.02 Å². The Morgan fingerprint density at radius 3 is 2.43 bits per heavy atom. The van der Waals surface area contributed by atoms with Gasteiger partial charge in [0.05, 0.1) is 17.8 Å². The van der Waals surface area contributed by atoms with Crippen LogP contribution >= 0.6 is 11.6 Å². The monoisotopic (exact) mass is 432 g/mol. The van der Waals surface area contributed by atoms with Crippen molar-refractivity contribution < 1.29 is 18.0 Å². The number of hydrogen-bond donors (Lipinski definition) is 2. The first kappa shape index (κ1) is 21.3. The molecular weight excluding hydrogens is 417 g/mol. The molecule has 9 heteroatoms. The maximum Gasteiger partial charge on any atom is 0.416 e. The molecule has 154 valence electrons. The SMILES string of the molecule is O=C(NC(=NCc1ccccn1)Nc1cccc(Cl)c1)c1ccc(C(F)(F)F)cc1. The number of pyridine rings is 1. The van der Waals surface area contributed by atoms with Crippen LogP contribution in [-0.4, -0.2) is 16.9 Å². The van der Waals surface area contributed by atoms with Gasteiger partial charge in [0.2, 0.25) is 5.96 Å². The Balaban J connectivity index is 1.79. The lowest BCUT2D eigenvalue weighted by Gasteiger charge is -2.13. The topological polar surface area (TPSA) is 66.4 Å². The summed E-state index contributed by atoms with van der Waals surface area (Å²) < 4.78 is 38.2. The van der Waals surface area contributed by atoms with E-state index in [0.29, 0.717) is 16.4 Å². The van der Waals surface area contributed by atoms with Gasteiger partial charge in [-0.2, -0.15) is 13.2 Å². The van der Waals surface area contributed by atoms with Gasteiger partial charge in [-0.15, -0.1) is 0 Å². The van der Waals surface area contributed by atoms with Gasteiger partial charge in [-0.05, 0) is 54.6 Å². The second kappa shape index (κ2) is 9.41. The molecule has 0 saturated carbocycles. The van der Waals surface area contributed by atoms with E-state index in [9.17, 15) is 18.0 Å². The van der Waals surface area contributed by atoms with Crippen LogP contribution < -0.4 is 10.6 Å². The maximum atomic E-state index is 12.7. The molecule has 30 heavy (non-hydrogen) atoms. The summed E-state index contributed by atoms with van der Waals surface area (Å²) in [6, 6.07) is 16.0. The lowest BCUT2D eigenvalue weighted by Crippen LogP contribution is -2.36. The molecule has 3 rings (SSSR count). The van der Waals surface area contributed by atoms with Crippen molar-refractivity contribution in [3.63, 3.8) is 0 Å². The molecule has 0 saturated heterocycles. The van der Waals surface area contributed by atoms with Crippen LogP contribution in [-0.2, 0) is 12.7 Å². The fraction of sp³-hybridized carbons (Fsp3) is 0.0952. The van der Waals surface area contributed by atoms with Gasteiger partial charge in [-0.1, -0.05) is 23.7 Å². The lowest BCUT2D eigenvalue weighted by molar-refractivity contribution is -0.137. The van der Waals surface area contributed by atoms with Crippen molar-refractivity contribution in [2.75, 3.05) is 5.32 Å². The first-order valence-corrected chi connectivity index (χ1v) is 9.14. The molecule has 5 nitrogen and oxygen atoms in total. The number of aliphatic imine (C=N–C) groups is 1. The molecule has 1 heterocycles. The van der Waals surface area contributed by atoms with E-state index >= 15 is 0 Å². The number of halogens is 4. The number of alkyl halides is 3. The summed E-state index contributed by atoms with van der Waals surface area (Å²) in [5.74, 6) is -0.508. The van der Waals surface area contributed by atoms with Crippen molar-refractivity contribution in [3.8, 4) is 0 Å². The van der Waals surface area contributed by atoms with Gasteiger partial charge < -0.3 is 5.32 Å². The highest BCUT2D eigenvalue weighted by Crippen LogP contribution is 2.29. The standard InChI is InChI=1S/C21H16ClF3N4O/c22-16-4-3-6-17(12-16)28-20(27-13-18-5-1-2-11-26-18)29-19(30)14-7-9-15(10-8-14)21(23,24)25/h1-12H,13H2,(H2,27,28,29,30). The van der Waals surface area contributed by atoms with Crippen molar-refractivity contribution in [1.29, 1.82) is 0 Å². The second-order valence-electron chi connectivity index (χ2n) is 6.15. The van der Waals surface area contributed by atoms with E-state index < -0.39 is 17.6 Å². The van der Waals surface area contributed by atoms with Crippen LogP contribution in [0.5, 0.6) is 0 Å². The minimum atomic E-state index is -4.47. The van der Waals surface area contributed by atoms with E-state index in [1.54, 1.807) is 42.6 Å². The van der Waals surface area contributed by atoms with Gasteiger partial charge in [0, 0.05) is 22.5 Å². The van der Waals surface area contributed by atoms with Crippen LogP contribution in [0, 0.1) is 0 Å². The smallest absolute Gasteiger partial charge is 0.326 e. The maximum absolute atomic E-state index is 12.7. The highest BCUT2D eigenvalue weighted by Gasteiger charge is 2.30. The Kier molecular flexibility index (Phi) is 6.68. The summed E-state index contributed by atoms with van der Waals surface area (Å²) in [7, 11) is 0. The van der Waals surface area contributed by atoms with E-state index in [0.717, 1.165) is 24.3 Å². The Bertz CT molecular complexity index is 1040. The number of anilines is 1. The number of hydrogen-bond acceptors (Lipinski definition) is 3. The molecular formula is C21H16ClF3N4O. The third-order valence-electron chi connectivity index (χ3n) is 3.92. The van der Waals surface area contributed by atoms with E-state index in [2.05, 4.69) is 20.6 Å². The zero-order chi connectivity index (χ0) is 21.6. The van der Waals surface area contributed by atoms with E-state index in [1.165, 1.54) is 0 Å². The summed E-state index contributed by atoms with van der Waals surface area (Å²) >= 11 is 5.99. The number of nitrogens with zero attached hydrogens (tertiary/aromatic N) is 2. The minimum absolute atomic E-state index is 0.0569. The second-order valence-corrected chi connectivity index (χ2v) is 6.59. The van der Waals surface area contributed by atoms with Crippen LogP contribution in [0.25, 0.3) is 0 Å². The third kappa shape index (κ3) is 6.05. The van der Waals surface area contributed by atoms with E-state index in [-0.39, 0.29) is 18.1 Å². The molecule has 0 spiro atoms. The van der Waals surface area contributed by atoms with Crippen molar-refractivity contribution in [2.24, 2.45) is 4.99 Å². The predicted molar refractivity (Wildman–Crippen MR) is 109 cm³/mol. The number of carbonyl (C=O) groups is 1. The van der Waals surface area contributed by atoms with Crippen molar-refractivity contribution in [1.82, 2.24) is 10.3 Å². The zero-order valence-corrected chi connectivity index (χ0v) is 16.2. The van der Waals surface area contributed by atoms with Gasteiger partial charge in [0.25, 0.3) is 5.91 Å². The first-order chi connectivity index (χ1) is 14.3. The van der Waals surface area contributed by atoms with Gasteiger partial charge in [-0.3, -0.25) is 15.1 Å². The van der Waals surface area contributed by atoms with Gasteiger partial charge in [0.15, 0.2) is 0 Å². The summed E-state index contributed by atoms with van der Waals surface area (Å²) in [4.78, 5) is 21.0. The third-order valence-corrected chi connectivity index (χ3v) is 4.15. The quantitative estimate of drug-likeness (QED) is 0.442. The molecule has 3 aromatic rings. The molecule has 1 aromatic heterocycles. The van der Waals surface area contributed by atoms with Crippen molar-refractivity contribution in [3.05, 3.63) is 94.8 Å². The zero-order valence-electron chi connectivity index (χ0n) is 15.4. The summed E-state index contributed by atoms with van der Waals surface area (Å²) in [6.07, 6.45) is -2.85. The number of guanidine groups is 1. The van der Waals surface area contributed by atoms with Crippen LogP contribution in [0.4, 0.5) is 18.9 Å². The summed E-state index contributed by atoms with van der Waals surface area (Å²) in [6.45, 7) is 0.178. The summed E-state index contributed by atoms with van der Waals surface area (Å²) in [5, 5.41) is 6.01. The highest BCUT2D eigenvalue weighted by molar-refractivity contribution is 6.31. The fourth-order valence-electron chi connectivity index (χ4n) is 2.46. The average Bonchev–Trinajstić information content (AvgIpc) is 2.72. The van der Waals surface area contributed by atoms with Crippen LogP contribution in [0.3, 0.4) is 0 Å². The number of rotatable bonds is 4. The predicted octanol–water partition coefficient (Wildman–Crippen LogP) is 5.15. The Morgan fingerprint density at radius 2 is 1.80 bits per heavy atom. The Hall–Kier alpha value is -3.39. The average molecular weight is 433 g/mol. The molecule has 2 N–H and O–H groups in total. The van der Waals surface area contributed by atoms with Crippen LogP contribution in [0.1, 0.15) is 21.6 Å². The molecule has 1 amide bonds. The Labute approximate surface area is 175 Å². The normalized spacial score (nSPS) is 11.8. The minimum Gasteiger partial charge on any atom is -0.326 e. The highest BCUT2D eigenvalue weighted by atomic mass is 35.5. The molecule has 2 aromatic carbocycles. The van der Waals surface area contributed by atoms with E-state index in [4.69, 9.17) is 11.6 Å². The van der Waals surface area contributed by atoms with Gasteiger partial charge in [-0.25, -0.2) is 4.99 Å². The molecule has 0 aliphatic carbocycles. The number of benzene rings is 2. The molecule has 0 unspecified atom stereocenters. The number of aromatic nitrogens is 1. The molecule has 0 fully saturated rings. The van der Waals surface area contributed by atoms with E-state index in [1.807, 2.05) is 6.07 Å². The fourth-order valence-corrected chi connectivity index (χ4v) is 2.65. The Morgan fingerprint density at radius 1 is 1.03 bits per heavy atom. The molecule has 0 atom stereocenters. The molecule has 0 radical (unpaired) electrons.